The first-order chi connectivity index (χ1) is 9.38. The summed E-state index contributed by atoms with van der Waals surface area (Å²) < 4.78 is 41.5. The van der Waals surface area contributed by atoms with Crippen LogP contribution in [0, 0.1) is 0 Å². The summed E-state index contributed by atoms with van der Waals surface area (Å²) in [5, 5.41) is 2.38. The minimum absolute atomic E-state index is 0.0957. The Hall–Kier alpha value is -2.05. The van der Waals surface area contributed by atoms with Gasteiger partial charge in [0.1, 0.15) is 6.04 Å². The van der Waals surface area contributed by atoms with E-state index in [1.807, 2.05) is 0 Å². The Labute approximate surface area is 112 Å². The van der Waals surface area contributed by atoms with Crippen molar-refractivity contribution in [2.75, 3.05) is 0 Å². The third-order valence-electron chi connectivity index (χ3n) is 2.97. The van der Waals surface area contributed by atoms with Crippen LogP contribution in [0.4, 0.5) is 13.2 Å². The van der Waals surface area contributed by atoms with Gasteiger partial charge in [-0.1, -0.05) is 18.2 Å². The molecule has 0 aromatic heterocycles. The fourth-order valence-corrected chi connectivity index (χ4v) is 1.91. The first-order valence-electron chi connectivity index (χ1n) is 6.01. The van der Waals surface area contributed by atoms with Gasteiger partial charge in [-0.15, -0.1) is 0 Å². The lowest BCUT2D eigenvalue weighted by Gasteiger charge is -2.29. The Bertz CT molecular complexity index is 501. The SMILES string of the molecule is O=C(NC1CCC(C(F)(F)F)OC1=O)c1ccccc1. The van der Waals surface area contributed by atoms with Gasteiger partial charge in [0.25, 0.3) is 5.91 Å². The van der Waals surface area contributed by atoms with Gasteiger partial charge < -0.3 is 10.1 Å². The molecule has 1 heterocycles. The minimum atomic E-state index is -4.57. The zero-order valence-electron chi connectivity index (χ0n) is 10.3. The Morgan fingerprint density at radius 1 is 1.20 bits per heavy atom. The smallest absolute Gasteiger partial charge is 0.425 e. The molecule has 0 bridgehead atoms. The molecule has 1 N–H and O–H groups in total. The van der Waals surface area contributed by atoms with Crippen molar-refractivity contribution < 1.29 is 27.5 Å². The number of hydrogen-bond acceptors (Lipinski definition) is 3. The van der Waals surface area contributed by atoms with Gasteiger partial charge in [-0.3, -0.25) is 4.79 Å². The highest BCUT2D eigenvalue weighted by Crippen LogP contribution is 2.30. The van der Waals surface area contributed by atoms with Crippen LogP contribution in [-0.4, -0.2) is 30.2 Å². The van der Waals surface area contributed by atoms with Gasteiger partial charge in [0, 0.05) is 5.56 Å². The number of esters is 1. The number of amides is 1. The molecule has 1 aromatic carbocycles. The first kappa shape index (κ1) is 14.4. The topological polar surface area (TPSA) is 55.4 Å². The molecule has 0 aliphatic carbocycles. The maximum absolute atomic E-state index is 12.4. The second-order valence-electron chi connectivity index (χ2n) is 4.44. The molecule has 2 unspecified atom stereocenters. The van der Waals surface area contributed by atoms with Crippen LogP contribution in [0.2, 0.25) is 0 Å². The summed E-state index contributed by atoms with van der Waals surface area (Å²) in [6, 6.07) is 7.06. The van der Waals surface area contributed by atoms with Crippen LogP contribution >= 0.6 is 0 Å². The van der Waals surface area contributed by atoms with Crippen LogP contribution in [0.25, 0.3) is 0 Å². The van der Waals surface area contributed by atoms with Gasteiger partial charge >= 0.3 is 12.1 Å². The molecular weight excluding hydrogens is 275 g/mol. The number of nitrogens with one attached hydrogen (secondary N) is 1. The van der Waals surface area contributed by atoms with Crippen molar-refractivity contribution in [1.82, 2.24) is 5.32 Å². The summed E-state index contributed by atoms with van der Waals surface area (Å²) in [7, 11) is 0. The number of hydrogen-bond donors (Lipinski definition) is 1. The molecule has 1 aromatic rings. The Kier molecular flexibility index (Phi) is 3.96. The van der Waals surface area contributed by atoms with Crippen molar-refractivity contribution in [2.45, 2.75) is 31.2 Å². The average Bonchev–Trinajstić information content (AvgIpc) is 2.41. The molecule has 1 fully saturated rings. The Balaban J connectivity index is 1.96. The van der Waals surface area contributed by atoms with Crippen LogP contribution in [0.5, 0.6) is 0 Å². The molecule has 2 atom stereocenters. The molecular formula is C13H12F3NO3. The van der Waals surface area contributed by atoms with E-state index in [-0.39, 0.29) is 12.8 Å². The second-order valence-corrected chi connectivity index (χ2v) is 4.44. The summed E-state index contributed by atoms with van der Waals surface area (Å²) in [6.45, 7) is 0. The number of carbonyl (C=O) groups is 2. The highest BCUT2D eigenvalue weighted by atomic mass is 19.4. The number of carbonyl (C=O) groups excluding carboxylic acids is 2. The van der Waals surface area contributed by atoms with Gasteiger partial charge in [0.05, 0.1) is 0 Å². The molecule has 0 spiro atoms. The summed E-state index contributed by atoms with van der Waals surface area (Å²) in [5.74, 6) is -1.57. The molecule has 7 heteroatoms. The quantitative estimate of drug-likeness (QED) is 0.847. The fourth-order valence-electron chi connectivity index (χ4n) is 1.91. The average molecular weight is 287 g/mol. The number of halogens is 3. The largest absolute Gasteiger partial charge is 0.451 e. The fraction of sp³-hybridized carbons (Fsp3) is 0.385. The summed E-state index contributed by atoms with van der Waals surface area (Å²) >= 11 is 0. The van der Waals surface area contributed by atoms with Crippen LogP contribution in [0.3, 0.4) is 0 Å². The normalized spacial score (nSPS) is 23.1. The van der Waals surface area contributed by atoms with E-state index < -0.39 is 30.2 Å². The lowest BCUT2D eigenvalue weighted by Crippen LogP contribution is -2.49. The van der Waals surface area contributed by atoms with Crippen molar-refractivity contribution in [3.8, 4) is 0 Å². The summed E-state index contributed by atoms with van der Waals surface area (Å²) in [5.41, 5.74) is 0.332. The van der Waals surface area contributed by atoms with E-state index in [0.717, 1.165) is 0 Å². The molecule has 108 valence electrons. The predicted molar refractivity (Wildman–Crippen MR) is 62.9 cm³/mol. The van der Waals surface area contributed by atoms with Gasteiger partial charge in [0.15, 0.2) is 6.10 Å². The van der Waals surface area contributed by atoms with Crippen molar-refractivity contribution in [3.05, 3.63) is 35.9 Å². The van der Waals surface area contributed by atoms with Gasteiger partial charge in [-0.05, 0) is 25.0 Å². The van der Waals surface area contributed by atoms with E-state index in [9.17, 15) is 22.8 Å². The maximum atomic E-state index is 12.4. The van der Waals surface area contributed by atoms with Crippen molar-refractivity contribution in [3.63, 3.8) is 0 Å². The zero-order valence-corrected chi connectivity index (χ0v) is 10.3. The molecule has 0 saturated carbocycles. The van der Waals surface area contributed by atoms with Crippen LogP contribution in [-0.2, 0) is 9.53 Å². The molecule has 0 radical (unpaired) electrons. The summed E-state index contributed by atoms with van der Waals surface area (Å²) in [6.07, 6.45) is -7.10. The Morgan fingerprint density at radius 2 is 1.85 bits per heavy atom. The molecule has 2 rings (SSSR count). The third-order valence-corrected chi connectivity index (χ3v) is 2.97. The standard InChI is InChI=1S/C13H12F3NO3/c14-13(15,16)10-7-6-9(12(19)20-10)17-11(18)8-4-2-1-3-5-8/h1-5,9-10H,6-7H2,(H,17,18). The number of benzene rings is 1. The van der Waals surface area contributed by atoms with E-state index in [4.69, 9.17) is 0 Å². The lowest BCUT2D eigenvalue weighted by atomic mass is 10.0. The van der Waals surface area contributed by atoms with E-state index in [0.29, 0.717) is 5.56 Å². The summed E-state index contributed by atoms with van der Waals surface area (Å²) in [4.78, 5) is 23.3. The molecule has 20 heavy (non-hydrogen) atoms. The molecule has 1 aliphatic heterocycles. The number of cyclic esters (lactones) is 1. The van der Waals surface area contributed by atoms with Crippen LogP contribution in [0.1, 0.15) is 23.2 Å². The van der Waals surface area contributed by atoms with Gasteiger partial charge in [-0.25, -0.2) is 4.79 Å². The first-order valence-corrected chi connectivity index (χ1v) is 6.01. The van der Waals surface area contributed by atoms with Gasteiger partial charge in [-0.2, -0.15) is 13.2 Å². The van der Waals surface area contributed by atoms with Crippen molar-refractivity contribution in [1.29, 1.82) is 0 Å². The molecule has 1 aliphatic rings. The highest BCUT2D eigenvalue weighted by molar-refractivity contribution is 5.96. The second kappa shape index (κ2) is 5.52. The zero-order chi connectivity index (χ0) is 14.8. The minimum Gasteiger partial charge on any atom is -0.451 e. The predicted octanol–water partition coefficient (Wildman–Crippen LogP) is 2.05. The van der Waals surface area contributed by atoms with Crippen molar-refractivity contribution in [2.24, 2.45) is 0 Å². The lowest BCUT2D eigenvalue weighted by molar-refractivity contribution is -0.230. The van der Waals surface area contributed by atoms with Crippen molar-refractivity contribution >= 4 is 11.9 Å². The third kappa shape index (κ3) is 3.28. The van der Waals surface area contributed by atoms with Crippen LogP contribution in [0.15, 0.2) is 30.3 Å². The van der Waals surface area contributed by atoms with E-state index in [1.165, 1.54) is 0 Å². The highest BCUT2D eigenvalue weighted by Gasteiger charge is 2.46. The number of alkyl halides is 3. The monoisotopic (exact) mass is 287 g/mol. The van der Waals surface area contributed by atoms with E-state index in [2.05, 4.69) is 10.1 Å². The Morgan fingerprint density at radius 3 is 2.40 bits per heavy atom. The molecule has 1 amide bonds. The van der Waals surface area contributed by atoms with Crippen LogP contribution < -0.4 is 5.32 Å². The maximum Gasteiger partial charge on any atom is 0.425 e. The van der Waals surface area contributed by atoms with E-state index in [1.54, 1.807) is 30.3 Å². The number of ether oxygens (including phenoxy) is 1. The number of rotatable bonds is 2. The molecule has 1 saturated heterocycles. The van der Waals surface area contributed by atoms with E-state index >= 15 is 0 Å². The van der Waals surface area contributed by atoms with Gasteiger partial charge in [0.2, 0.25) is 0 Å². The molecule has 4 nitrogen and oxygen atoms in total.